The van der Waals surface area contributed by atoms with Crippen molar-refractivity contribution in [2.45, 2.75) is 99.2 Å². The van der Waals surface area contributed by atoms with Gasteiger partial charge in [0.15, 0.2) is 0 Å². The van der Waals surface area contributed by atoms with E-state index in [1.54, 1.807) is 0 Å². The molecular weight excluding hydrogens is 785 g/mol. The summed E-state index contributed by atoms with van der Waals surface area (Å²) in [6.07, 6.45) is 9.28. The van der Waals surface area contributed by atoms with Gasteiger partial charge in [0.05, 0.1) is 0 Å². The van der Waals surface area contributed by atoms with Crippen LogP contribution in [-0.2, 0) is 36.6 Å². The molecule has 0 fully saturated rings. The van der Waals surface area contributed by atoms with E-state index in [1.807, 2.05) is 0 Å². The summed E-state index contributed by atoms with van der Waals surface area (Å²) in [5.41, 5.74) is 13.7. The molecule has 0 spiro atoms. The van der Waals surface area contributed by atoms with E-state index in [-0.39, 0.29) is 10.8 Å². The molecule has 4 aromatic carbocycles. The van der Waals surface area contributed by atoms with Crippen molar-refractivity contribution in [1.82, 2.24) is 10.5 Å². The number of carbonyl (C=O) groups excluding carboxylic acids is 2. The molecule has 2 aliphatic carbocycles. The van der Waals surface area contributed by atoms with Crippen molar-refractivity contribution in [3.8, 4) is 22.3 Å². The molecular formula is C46H54BCl2N2O2Zr. The molecule has 2 amide bonds. The zero-order chi connectivity index (χ0) is 39.1. The molecule has 0 aromatic heterocycles. The second-order valence-electron chi connectivity index (χ2n) is 17.2. The average molecular weight is 840 g/mol. The normalized spacial score (nSPS) is 17.4. The predicted octanol–water partition coefficient (Wildman–Crippen LogP) is 12.3. The summed E-state index contributed by atoms with van der Waals surface area (Å²) in [5.74, 6) is 0. The fraction of sp³-hybridized carbons (Fsp3) is 0.348. The Labute approximate surface area is 331 Å². The van der Waals surface area contributed by atoms with Crippen LogP contribution >= 0.6 is 17.0 Å². The number of rotatable bonds is 13. The van der Waals surface area contributed by atoms with Gasteiger partial charge in [0.25, 0.3) is 0 Å². The minimum atomic E-state index is -5.89. The number of allylic oxidation sites excluding steroid dienone is 2. The summed E-state index contributed by atoms with van der Waals surface area (Å²) in [6, 6.07) is 30.3. The summed E-state index contributed by atoms with van der Waals surface area (Å²) in [6.45, 7) is 17.9. The van der Waals surface area contributed by atoms with Gasteiger partial charge in [-0.05, 0) is 0 Å². The van der Waals surface area contributed by atoms with Gasteiger partial charge < -0.3 is 0 Å². The van der Waals surface area contributed by atoms with Crippen molar-refractivity contribution in [2.75, 3.05) is 0 Å². The number of fused-ring (bicyclic) bond motifs is 2. The van der Waals surface area contributed by atoms with E-state index in [2.05, 4.69) is 163 Å². The van der Waals surface area contributed by atoms with Crippen molar-refractivity contribution >= 4 is 46.5 Å². The second kappa shape index (κ2) is 15.4. The molecule has 54 heavy (non-hydrogen) atoms. The van der Waals surface area contributed by atoms with Crippen LogP contribution in [0.5, 0.6) is 0 Å². The van der Waals surface area contributed by atoms with Gasteiger partial charge in [0.2, 0.25) is 0 Å². The number of carbonyl (C=O) groups is 2. The van der Waals surface area contributed by atoms with Gasteiger partial charge in [-0.15, -0.1) is 0 Å². The maximum atomic E-state index is 12.6. The van der Waals surface area contributed by atoms with E-state index in [0.29, 0.717) is 12.8 Å². The third-order valence-electron chi connectivity index (χ3n) is 11.6. The Balaban J connectivity index is 1.68. The van der Waals surface area contributed by atoms with E-state index < -0.39 is 27.9 Å². The van der Waals surface area contributed by atoms with Crippen LogP contribution in [0.15, 0.2) is 96.1 Å². The molecule has 2 unspecified atom stereocenters. The Morgan fingerprint density at radius 2 is 0.963 bits per heavy atom. The maximum absolute atomic E-state index is 12.6. The predicted molar refractivity (Wildman–Crippen MR) is 228 cm³/mol. The molecule has 2 aliphatic rings. The Hall–Kier alpha value is -3.17. The number of halogens is 2. The SMILES string of the molecule is CCCC1=Cc2c(-c3ccccc3C(C)(C)C)cccc2[CH]1[Zr]([Cl])([Cl])([B](NC=O)NC=O)[CH]1C(CCC)=Cc2c(-c3ccccc3C(C)(C)C)cccc21. The second-order valence-corrected chi connectivity index (χ2v) is 38.7. The van der Waals surface area contributed by atoms with E-state index in [9.17, 15) is 9.59 Å². The molecule has 2 atom stereocenters. The van der Waals surface area contributed by atoms with E-state index in [4.69, 9.17) is 17.0 Å². The van der Waals surface area contributed by atoms with Crippen LogP contribution in [-0.4, -0.2) is 17.3 Å². The van der Waals surface area contributed by atoms with Crippen molar-refractivity contribution in [3.63, 3.8) is 0 Å². The van der Waals surface area contributed by atoms with Crippen molar-refractivity contribution in [1.29, 1.82) is 0 Å². The van der Waals surface area contributed by atoms with Gasteiger partial charge in [-0.2, -0.15) is 0 Å². The van der Waals surface area contributed by atoms with Crippen LogP contribution in [0.25, 0.3) is 34.4 Å². The van der Waals surface area contributed by atoms with Crippen molar-refractivity contribution in [3.05, 3.63) is 129 Å². The minimum absolute atomic E-state index is 0.0833. The summed E-state index contributed by atoms with van der Waals surface area (Å²) < 4.78 is -1.73. The molecule has 281 valence electrons. The first-order valence-electron chi connectivity index (χ1n) is 19.4. The molecule has 0 radical (unpaired) electrons. The molecule has 2 N–H and O–H groups in total. The molecule has 0 saturated heterocycles. The van der Waals surface area contributed by atoms with Gasteiger partial charge in [0, 0.05) is 0 Å². The molecule has 4 nitrogen and oxygen atoms in total. The summed E-state index contributed by atoms with van der Waals surface area (Å²) in [5, 5.41) is 6.02. The first kappa shape index (κ1) is 40.5. The summed E-state index contributed by atoms with van der Waals surface area (Å²) in [7, 11) is 17.4. The molecule has 0 saturated carbocycles. The first-order valence-corrected chi connectivity index (χ1v) is 30.0. The van der Waals surface area contributed by atoms with E-state index in [1.165, 1.54) is 22.3 Å². The van der Waals surface area contributed by atoms with Crippen molar-refractivity contribution in [2.24, 2.45) is 0 Å². The third-order valence-corrected chi connectivity index (χ3v) is 31.6. The van der Waals surface area contributed by atoms with Gasteiger partial charge in [-0.25, -0.2) is 0 Å². The number of hydrogen-bond acceptors (Lipinski definition) is 2. The van der Waals surface area contributed by atoms with Crippen molar-refractivity contribution < 1.29 is 25.8 Å². The average Bonchev–Trinajstić information content (AvgIpc) is 3.70. The van der Waals surface area contributed by atoms with E-state index in [0.717, 1.165) is 70.2 Å². The first-order chi connectivity index (χ1) is 25.6. The Morgan fingerprint density at radius 1 is 0.593 bits per heavy atom. The quantitative estimate of drug-likeness (QED) is 0.104. The molecule has 8 heteroatoms. The fourth-order valence-corrected chi connectivity index (χ4v) is 30.2. The third kappa shape index (κ3) is 6.94. The summed E-state index contributed by atoms with van der Waals surface area (Å²) >= 11 is -5.89. The number of benzene rings is 4. The number of amides is 2. The molecule has 0 heterocycles. The van der Waals surface area contributed by atoms with Crippen LogP contribution in [0.4, 0.5) is 0 Å². The molecule has 6 rings (SSSR count). The summed E-state index contributed by atoms with van der Waals surface area (Å²) in [4.78, 5) is 25.2. The molecule has 0 aliphatic heterocycles. The zero-order valence-electron chi connectivity index (χ0n) is 33.0. The van der Waals surface area contributed by atoms with Crippen LogP contribution in [0.1, 0.15) is 122 Å². The molecule has 0 bridgehead atoms. The van der Waals surface area contributed by atoms with Gasteiger partial charge in [-0.1, -0.05) is 0 Å². The molecule has 4 aromatic rings. The van der Waals surface area contributed by atoms with E-state index >= 15 is 0 Å². The van der Waals surface area contributed by atoms with Gasteiger partial charge in [-0.3, -0.25) is 0 Å². The zero-order valence-corrected chi connectivity index (χ0v) is 37.0. The standard InChI is InChI=1S/2C22H25.C2H3BN2O2.2ClH.Zr/c2*1-5-9-16-14-17-10-8-12-18(20(17)15-16)19-11-6-7-13-21(19)22(2,3)4;6-1-4-3-5-2-7;;;/h2*6-8,10-15H,5,9H2,1-4H3;1-2H,(H-,4,5,6,7);2*1H;/q;;;;;+1/p-1. The fourth-order valence-electron chi connectivity index (χ4n) is 9.46. The van der Waals surface area contributed by atoms with Crippen LogP contribution in [0.3, 0.4) is 0 Å². The Bertz CT molecular complexity index is 2000. The topological polar surface area (TPSA) is 58.2 Å². The number of hydrogen-bond donors (Lipinski definition) is 2. The number of nitrogens with one attached hydrogen (secondary N) is 2. The monoisotopic (exact) mass is 837 g/mol. The van der Waals surface area contributed by atoms with Gasteiger partial charge in [0.1, 0.15) is 0 Å². The Morgan fingerprint density at radius 3 is 1.31 bits per heavy atom. The van der Waals surface area contributed by atoms with Crippen LogP contribution in [0, 0.1) is 0 Å². The van der Waals surface area contributed by atoms with Crippen LogP contribution in [0.2, 0.25) is 0 Å². The Kier molecular flexibility index (Phi) is 11.5. The van der Waals surface area contributed by atoms with Crippen LogP contribution < -0.4 is 10.5 Å². The van der Waals surface area contributed by atoms with Gasteiger partial charge >= 0.3 is 334 Å².